The third kappa shape index (κ3) is 1.81. The third-order valence-corrected chi connectivity index (χ3v) is 1.65. The summed E-state index contributed by atoms with van der Waals surface area (Å²) in [4.78, 5) is 0. The Balaban J connectivity index is 2.85. The van der Waals surface area contributed by atoms with Crippen LogP contribution in [0.25, 0.3) is 0 Å². The van der Waals surface area contributed by atoms with Gasteiger partial charge in [0.15, 0.2) is 0 Å². The molecule has 11 heavy (non-hydrogen) atoms. The van der Waals surface area contributed by atoms with Gasteiger partial charge in [0.25, 0.3) is 0 Å². The van der Waals surface area contributed by atoms with Gasteiger partial charge in [0.05, 0.1) is 12.0 Å². The molecule has 1 rings (SSSR count). The Morgan fingerprint density at radius 1 is 1.36 bits per heavy atom. The molecular formula is C10H10N. The normalized spacial score (nSPS) is 12.0. The molecule has 0 heterocycles. The molecule has 1 radical (unpaired) electrons. The molecule has 1 aromatic carbocycles. The molecule has 0 aliphatic carbocycles. The smallest absolute Gasteiger partial charge is 0.0712 e. The van der Waals surface area contributed by atoms with Gasteiger partial charge in [0.1, 0.15) is 0 Å². The fourth-order valence-electron chi connectivity index (χ4n) is 0.991. The summed E-state index contributed by atoms with van der Waals surface area (Å²) in [6, 6.07) is 11.9. The van der Waals surface area contributed by atoms with Crippen LogP contribution in [0.1, 0.15) is 17.9 Å². The monoisotopic (exact) mass is 144 g/mol. The van der Waals surface area contributed by atoms with Crippen LogP contribution < -0.4 is 0 Å². The van der Waals surface area contributed by atoms with E-state index in [0.29, 0.717) is 6.42 Å². The van der Waals surface area contributed by atoms with Crippen LogP contribution in [0.2, 0.25) is 0 Å². The van der Waals surface area contributed by atoms with Crippen molar-refractivity contribution >= 4 is 0 Å². The van der Waals surface area contributed by atoms with Crippen molar-refractivity contribution in [2.75, 3.05) is 0 Å². The van der Waals surface area contributed by atoms with Crippen molar-refractivity contribution in [3.63, 3.8) is 0 Å². The zero-order valence-electron chi connectivity index (χ0n) is 6.33. The van der Waals surface area contributed by atoms with E-state index < -0.39 is 0 Å². The summed E-state index contributed by atoms with van der Waals surface area (Å²) in [6.45, 7) is 3.71. The second-order valence-corrected chi connectivity index (χ2v) is 2.38. The minimum absolute atomic E-state index is 0.0452. The maximum absolute atomic E-state index is 8.69. The first kappa shape index (κ1) is 7.81. The highest BCUT2D eigenvalue weighted by Gasteiger charge is 2.05. The van der Waals surface area contributed by atoms with Gasteiger partial charge in [-0.3, -0.25) is 0 Å². The fraction of sp³-hybridized carbons (Fsp3) is 0.200. The van der Waals surface area contributed by atoms with Gasteiger partial charge in [-0.25, -0.2) is 0 Å². The van der Waals surface area contributed by atoms with Gasteiger partial charge in [-0.2, -0.15) is 5.26 Å². The molecule has 0 aromatic heterocycles. The van der Waals surface area contributed by atoms with Crippen molar-refractivity contribution in [1.82, 2.24) is 0 Å². The van der Waals surface area contributed by atoms with E-state index in [-0.39, 0.29) is 5.92 Å². The molecule has 0 saturated heterocycles. The minimum atomic E-state index is -0.0452. The van der Waals surface area contributed by atoms with Crippen LogP contribution in [0.3, 0.4) is 0 Å². The van der Waals surface area contributed by atoms with E-state index in [9.17, 15) is 0 Å². The summed E-state index contributed by atoms with van der Waals surface area (Å²) in [5.74, 6) is -0.0452. The Kier molecular flexibility index (Phi) is 2.68. The Labute approximate surface area is 67.3 Å². The van der Waals surface area contributed by atoms with Crippen molar-refractivity contribution < 1.29 is 0 Å². The lowest BCUT2D eigenvalue weighted by Gasteiger charge is -2.03. The van der Waals surface area contributed by atoms with Gasteiger partial charge in [-0.1, -0.05) is 37.3 Å². The largest absolute Gasteiger partial charge is 0.198 e. The highest BCUT2D eigenvalue weighted by Crippen LogP contribution is 2.16. The van der Waals surface area contributed by atoms with Crippen molar-refractivity contribution in [1.29, 1.82) is 5.26 Å². The lowest BCUT2D eigenvalue weighted by atomic mass is 9.99. The lowest BCUT2D eigenvalue weighted by Crippen LogP contribution is -1.91. The Bertz CT molecular complexity index is 245. The number of hydrogen-bond acceptors (Lipinski definition) is 1. The molecule has 1 unspecified atom stereocenters. The highest BCUT2D eigenvalue weighted by molar-refractivity contribution is 5.24. The molecule has 0 aliphatic rings. The Morgan fingerprint density at radius 2 is 2.00 bits per heavy atom. The van der Waals surface area contributed by atoms with E-state index in [1.807, 2.05) is 30.3 Å². The predicted octanol–water partition coefficient (Wildman–Crippen LogP) is 2.52. The van der Waals surface area contributed by atoms with E-state index >= 15 is 0 Å². The van der Waals surface area contributed by atoms with Crippen LogP contribution in [0.15, 0.2) is 30.3 Å². The van der Waals surface area contributed by atoms with E-state index in [4.69, 9.17) is 5.26 Å². The Hall–Kier alpha value is -1.29. The molecule has 0 bridgehead atoms. The van der Waals surface area contributed by atoms with Gasteiger partial charge >= 0.3 is 0 Å². The highest BCUT2D eigenvalue weighted by atomic mass is 14.3. The van der Waals surface area contributed by atoms with Crippen LogP contribution in [0.4, 0.5) is 0 Å². The molecule has 1 nitrogen and oxygen atoms in total. The van der Waals surface area contributed by atoms with E-state index in [1.165, 1.54) is 0 Å². The van der Waals surface area contributed by atoms with Crippen LogP contribution in [-0.4, -0.2) is 0 Å². The molecule has 0 saturated carbocycles. The van der Waals surface area contributed by atoms with Gasteiger partial charge in [0, 0.05) is 0 Å². The molecule has 1 atom stereocenters. The van der Waals surface area contributed by atoms with E-state index in [2.05, 4.69) is 13.0 Å². The van der Waals surface area contributed by atoms with E-state index in [0.717, 1.165) is 5.56 Å². The van der Waals surface area contributed by atoms with Crippen LogP contribution in [0, 0.1) is 18.3 Å². The second-order valence-electron chi connectivity index (χ2n) is 2.38. The number of hydrogen-bond donors (Lipinski definition) is 0. The standard InChI is InChI=1S/C10H10N/c1-2-9(8-11)10-6-4-3-5-7-10/h3-7,9H,1-2H2. The SMILES string of the molecule is [CH2]CC(C#N)c1ccccc1. The molecule has 0 aliphatic heterocycles. The molecule has 1 heteroatoms. The van der Waals surface area contributed by atoms with Crippen LogP contribution >= 0.6 is 0 Å². The van der Waals surface area contributed by atoms with Gasteiger partial charge in [-0.05, 0) is 12.0 Å². The molecule has 0 fully saturated rings. The lowest BCUT2D eigenvalue weighted by molar-refractivity contribution is 0.875. The Morgan fingerprint density at radius 3 is 2.45 bits per heavy atom. The first-order valence-electron chi connectivity index (χ1n) is 3.62. The van der Waals surface area contributed by atoms with Gasteiger partial charge in [-0.15, -0.1) is 0 Å². The minimum Gasteiger partial charge on any atom is -0.198 e. The van der Waals surface area contributed by atoms with Crippen molar-refractivity contribution in [2.24, 2.45) is 0 Å². The number of nitriles is 1. The molecule has 1 aromatic rings. The van der Waals surface area contributed by atoms with E-state index in [1.54, 1.807) is 0 Å². The summed E-state index contributed by atoms with van der Waals surface area (Å²) in [6.07, 6.45) is 0.639. The van der Waals surface area contributed by atoms with Crippen LogP contribution in [-0.2, 0) is 0 Å². The van der Waals surface area contributed by atoms with Crippen LogP contribution in [0.5, 0.6) is 0 Å². The summed E-state index contributed by atoms with van der Waals surface area (Å²) in [5, 5.41) is 8.69. The van der Waals surface area contributed by atoms with Gasteiger partial charge < -0.3 is 0 Å². The van der Waals surface area contributed by atoms with Gasteiger partial charge in [0.2, 0.25) is 0 Å². The fourth-order valence-corrected chi connectivity index (χ4v) is 0.991. The zero-order chi connectivity index (χ0) is 8.10. The molecule has 0 spiro atoms. The first-order valence-corrected chi connectivity index (χ1v) is 3.62. The number of benzene rings is 1. The average Bonchev–Trinajstić information content (AvgIpc) is 2.09. The second kappa shape index (κ2) is 3.78. The quantitative estimate of drug-likeness (QED) is 0.625. The number of rotatable bonds is 2. The maximum atomic E-state index is 8.69. The molecule has 0 N–H and O–H groups in total. The summed E-state index contributed by atoms with van der Waals surface area (Å²) >= 11 is 0. The summed E-state index contributed by atoms with van der Waals surface area (Å²) < 4.78 is 0. The average molecular weight is 144 g/mol. The third-order valence-electron chi connectivity index (χ3n) is 1.65. The molecular weight excluding hydrogens is 134 g/mol. The number of nitrogens with zero attached hydrogens (tertiary/aromatic N) is 1. The molecule has 0 amide bonds. The first-order chi connectivity index (χ1) is 5.38. The summed E-state index contributed by atoms with van der Waals surface area (Å²) in [7, 11) is 0. The van der Waals surface area contributed by atoms with Crippen molar-refractivity contribution in [2.45, 2.75) is 12.3 Å². The topological polar surface area (TPSA) is 23.8 Å². The van der Waals surface area contributed by atoms with Crippen molar-refractivity contribution in [3.05, 3.63) is 42.8 Å². The predicted molar refractivity (Wildman–Crippen MR) is 44.8 cm³/mol. The maximum Gasteiger partial charge on any atom is 0.0712 e. The zero-order valence-corrected chi connectivity index (χ0v) is 6.33. The molecule has 55 valence electrons. The van der Waals surface area contributed by atoms with Crippen molar-refractivity contribution in [3.8, 4) is 6.07 Å². The summed E-state index contributed by atoms with van der Waals surface area (Å²) in [5.41, 5.74) is 1.06.